The van der Waals surface area contributed by atoms with Gasteiger partial charge in [0, 0.05) is 11.1 Å². The van der Waals surface area contributed by atoms with Crippen LogP contribution in [-0.2, 0) is 9.53 Å². The van der Waals surface area contributed by atoms with Crippen molar-refractivity contribution >= 4 is 11.5 Å². The Hall–Kier alpha value is -3.26. The summed E-state index contributed by atoms with van der Waals surface area (Å²) in [5, 5.41) is 9.79. The van der Waals surface area contributed by atoms with Crippen molar-refractivity contribution in [1.82, 2.24) is 0 Å². The summed E-state index contributed by atoms with van der Waals surface area (Å²) >= 11 is 0. The fourth-order valence-corrected chi connectivity index (χ4v) is 2.85. The Morgan fingerprint density at radius 2 is 1.46 bits per heavy atom. The van der Waals surface area contributed by atoms with Crippen molar-refractivity contribution in [3.05, 3.63) is 65.2 Å². The van der Waals surface area contributed by atoms with Gasteiger partial charge in [0.05, 0.1) is 32.8 Å². The molecule has 0 aliphatic heterocycles. The summed E-state index contributed by atoms with van der Waals surface area (Å²) < 4.78 is 15.7. The molecule has 2 aromatic rings. The smallest absolute Gasteiger partial charge is 0.306 e. The highest BCUT2D eigenvalue weighted by Gasteiger charge is 2.14. The Kier molecular flexibility index (Phi) is 8.11. The van der Waals surface area contributed by atoms with Crippen molar-refractivity contribution in [2.75, 3.05) is 20.3 Å². The Bertz CT molecular complexity index is 846. The topological polar surface area (TPSA) is 68.6 Å². The average Bonchev–Trinajstić information content (AvgIpc) is 2.72. The van der Waals surface area contributed by atoms with Crippen LogP contribution in [0.15, 0.2) is 54.1 Å². The summed E-state index contributed by atoms with van der Waals surface area (Å²) in [6.07, 6.45) is 0.470. The van der Waals surface area contributed by atoms with Crippen LogP contribution in [0.1, 0.15) is 37.8 Å². The summed E-state index contributed by atoms with van der Waals surface area (Å²) in [4.78, 5) is 11.8. The first-order valence-corrected chi connectivity index (χ1v) is 9.29. The van der Waals surface area contributed by atoms with Gasteiger partial charge in [0.2, 0.25) is 0 Å². The van der Waals surface area contributed by atoms with Crippen LogP contribution in [0.5, 0.6) is 11.5 Å². The van der Waals surface area contributed by atoms with E-state index >= 15 is 0 Å². The summed E-state index contributed by atoms with van der Waals surface area (Å²) in [5.74, 6) is 1.20. The number of carbonyl (C=O) groups excluding carboxylic acids is 1. The highest BCUT2D eigenvalue weighted by atomic mass is 16.5. The molecule has 0 aliphatic rings. The molecule has 0 heterocycles. The van der Waals surface area contributed by atoms with Crippen LogP contribution in [0.3, 0.4) is 0 Å². The van der Waals surface area contributed by atoms with Crippen LogP contribution in [0.4, 0.5) is 0 Å². The average molecular weight is 379 g/mol. The lowest BCUT2D eigenvalue weighted by molar-refractivity contribution is -0.143. The number of hydrogen-bond acceptors (Lipinski definition) is 5. The number of carbonyl (C=O) groups is 1. The number of benzene rings is 2. The normalized spacial score (nSPS) is 11.2. The second-order valence-electron chi connectivity index (χ2n) is 5.96. The highest BCUT2D eigenvalue weighted by Crippen LogP contribution is 2.31. The molecule has 146 valence electrons. The van der Waals surface area contributed by atoms with Crippen LogP contribution in [-0.4, -0.2) is 26.3 Å². The van der Waals surface area contributed by atoms with Gasteiger partial charge in [0.15, 0.2) is 0 Å². The monoisotopic (exact) mass is 379 g/mol. The highest BCUT2D eigenvalue weighted by molar-refractivity contribution is 5.85. The zero-order valence-electron chi connectivity index (χ0n) is 16.5. The third-order valence-corrected chi connectivity index (χ3v) is 4.15. The summed E-state index contributed by atoms with van der Waals surface area (Å²) in [5.41, 5.74) is 3.08. The van der Waals surface area contributed by atoms with Gasteiger partial charge in [-0.3, -0.25) is 4.79 Å². The predicted octanol–water partition coefficient (Wildman–Crippen LogP) is 4.76. The fraction of sp³-hybridized carbons (Fsp3) is 0.304. The largest absolute Gasteiger partial charge is 0.497 e. The van der Waals surface area contributed by atoms with Crippen LogP contribution in [0.2, 0.25) is 0 Å². The summed E-state index contributed by atoms with van der Waals surface area (Å²) in [6, 6.07) is 17.4. The zero-order chi connectivity index (χ0) is 20.4. The molecule has 2 aromatic carbocycles. The van der Waals surface area contributed by atoms with Crippen LogP contribution >= 0.6 is 0 Å². The first-order chi connectivity index (χ1) is 13.6. The Balaban J connectivity index is 2.46. The minimum atomic E-state index is -0.309. The van der Waals surface area contributed by atoms with Gasteiger partial charge in [0.25, 0.3) is 0 Å². The predicted molar refractivity (Wildman–Crippen MR) is 108 cm³/mol. The van der Waals surface area contributed by atoms with E-state index in [4.69, 9.17) is 14.2 Å². The minimum absolute atomic E-state index is 0.160. The molecule has 0 saturated heterocycles. The van der Waals surface area contributed by atoms with Gasteiger partial charge in [-0.1, -0.05) is 24.3 Å². The zero-order valence-corrected chi connectivity index (χ0v) is 16.5. The summed E-state index contributed by atoms with van der Waals surface area (Å²) in [7, 11) is 1.61. The molecule has 0 atom stereocenters. The molecule has 2 rings (SSSR count). The van der Waals surface area contributed by atoms with Crippen molar-refractivity contribution in [1.29, 1.82) is 5.26 Å². The maximum Gasteiger partial charge on any atom is 0.306 e. The molecular weight excluding hydrogens is 354 g/mol. The first-order valence-electron chi connectivity index (χ1n) is 9.29. The molecule has 0 aromatic heterocycles. The Morgan fingerprint density at radius 1 is 0.893 bits per heavy atom. The number of rotatable bonds is 9. The number of esters is 1. The third kappa shape index (κ3) is 5.62. The second-order valence-corrected chi connectivity index (χ2v) is 5.96. The number of methoxy groups -OCH3 is 1. The Labute approximate surface area is 166 Å². The first kappa shape index (κ1) is 21.0. The van der Waals surface area contributed by atoms with E-state index in [1.54, 1.807) is 14.0 Å². The number of hydrogen-bond donors (Lipinski definition) is 0. The van der Waals surface area contributed by atoms with Crippen molar-refractivity contribution in [2.45, 2.75) is 26.7 Å². The molecule has 0 spiro atoms. The van der Waals surface area contributed by atoms with Gasteiger partial charge < -0.3 is 14.2 Å². The van der Waals surface area contributed by atoms with Gasteiger partial charge in [-0.05, 0) is 55.7 Å². The maximum absolute atomic E-state index is 11.8. The van der Waals surface area contributed by atoms with E-state index in [2.05, 4.69) is 6.07 Å². The van der Waals surface area contributed by atoms with E-state index in [9.17, 15) is 10.1 Å². The van der Waals surface area contributed by atoms with Crippen molar-refractivity contribution in [3.8, 4) is 17.6 Å². The molecule has 5 nitrogen and oxygen atoms in total. The minimum Gasteiger partial charge on any atom is -0.497 e. The van der Waals surface area contributed by atoms with E-state index in [1.165, 1.54) is 0 Å². The van der Waals surface area contributed by atoms with E-state index in [1.807, 2.05) is 55.5 Å². The quantitative estimate of drug-likeness (QED) is 0.464. The number of allylic oxidation sites excluding steroid dienone is 1. The third-order valence-electron chi connectivity index (χ3n) is 4.15. The van der Waals surface area contributed by atoms with Crippen molar-refractivity contribution in [3.63, 3.8) is 0 Å². The molecule has 0 radical (unpaired) electrons. The van der Waals surface area contributed by atoms with E-state index in [0.717, 1.165) is 28.2 Å². The maximum atomic E-state index is 11.8. The number of nitrogens with zero attached hydrogens (tertiary/aromatic N) is 1. The number of ether oxygens (including phenoxy) is 3. The molecule has 5 heteroatoms. The van der Waals surface area contributed by atoms with Gasteiger partial charge in [-0.15, -0.1) is 0 Å². The van der Waals surface area contributed by atoms with Crippen molar-refractivity contribution < 1.29 is 19.0 Å². The lowest BCUT2D eigenvalue weighted by Crippen LogP contribution is -2.05. The molecule has 28 heavy (non-hydrogen) atoms. The van der Waals surface area contributed by atoms with Gasteiger partial charge in [-0.25, -0.2) is 0 Å². The molecule has 0 N–H and O–H groups in total. The van der Waals surface area contributed by atoms with E-state index in [-0.39, 0.29) is 12.4 Å². The Morgan fingerprint density at radius 3 is 1.93 bits per heavy atom. The van der Waals surface area contributed by atoms with Crippen LogP contribution in [0.25, 0.3) is 5.57 Å². The van der Waals surface area contributed by atoms with Crippen LogP contribution < -0.4 is 9.47 Å². The van der Waals surface area contributed by atoms with Crippen molar-refractivity contribution in [2.24, 2.45) is 0 Å². The SMILES string of the molecule is CCOC(=O)CC/C(C#N)=C(/c1ccc(OC)cc1)c1ccc(OCC)cc1. The van der Waals surface area contributed by atoms with Crippen LogP contribution in [0, 0.1) is 11.3 Å². The van der Waals surface area contributed by atoms with Gasteiger partial charge >= 0.3 is 5.97 Å². The van der Waals surface area contributed by atoms with Gasteiger partial charge in [0.1, 0.15) is 11.5 Å². The fourth-order valence-electron chi connectivity index (χ4n) is 2.85. The molecule has 0 bridgehead atoms. The molecule has 0 aliphatic carbocycles. The summed E-state index contributed by atoms with van der Waals surface area (Å²) in [6.45, 7) is 4.61. The number of nitriles is 1. The van der Waals surface area contributed by atoms with E-state index in [0.29, 0.717) is 25.2 Å². The molecule has 0 saturated carbocycles. The molecule has 0 amide bonds. The second kappa shape index (κ2) is 10.8. The molecule has 0 fully saturated rings. The standard InChI is InChI=1S/C23H25NO4/c1-4-27-21-13-8-18(9-14-21)23(17-6-11-20(26-3)12-7-17)19(16-24)10-15-22(25)28-5-2/h6-9,11-14H,4-5,10,15H2,1-3H3/b23-19+. The van der Waals surface area contributed by atoms with Gasteiger partial charge in [-0.2, -0.15) is 5.26 Å². The molecule has 0 unspecified atom stereocenters. The molecular formula is C23H25NO4. The van der Waals surface area contributed by atoms with E-state index < -0.39 is 0 Å². The lowest BCUT2D eigenvalue weighted by Gasteiger charge is -2.13. The lowest BCUT2D eigenvalue weighted by atomic mass is 9.91.